The smallest absolute Gasteiger partial charge is 0.0562 e. The van der Waals surface area contributed by atoms with E-state index in [2.05, 4.69) is 216 Å². The van der Waals surface area contributed by atoms with Crippen LogP contribution in [0, 0.1) is 0 Å². The van der Waals surface area contributed by atoms with Crippen LogP contribution in [0.3, 0.4) is 0 Å². The summed E-state index contributed by atoms with van der Waals surface area (Å²) in [6.45, 7) is 0. The van der Waals surface area contributed by atoms with Crippen molar-refractivity contribution >= 4 is 60.4 Å². The standard InChI is InChI=1S/C50H34N2/c1-2-21-37(22-3-1)51(45-30-11-8-25-42(45)40-28-14-19-35-17-4-6-23-38(35)40)48-33-16-34-49-50(48)44-27-10-13-32-47(44)52(49)46-31-12-9-26-43(46)41-29-15-20-36-18-5-7-24-39(36)41/h1-34H. The molecule has 0 aliphatic carbocycles. The minimum atomic E-state index is 1.11. The van der Waals surface area contributed by atoms with Gasteiger partial charge in [-0.05, 0) is 75.1 Å². The molecule has 2 nitrogen and oxygen atoms in total. The van der Waals surface area contributed by atoms with Gasteiger partial charge in [0.25, 0.3) is 0 Å². The van der Waals surface area contributed by atoms with Gasteiger partial charge < -0.3 is 9.47 Å². The number of anilines is 3. The summed E-state index contributed by atoms with van der Waals surface area (Å²) in [6.07, 6.45) is 0. The second kappa shape index (κ2) is 12.5. The van der Waals surface area contributed by atoms with E-state index < -0.39 is 0 Å². The van der Waals surface area contributed by atoms with Crippen molar-refractivity contribution in [1.29, 1.82) is 0 Å². The van der Waals surface area contributed by atoms with Crippen LogP contribution in [0.5, 0.6) is 0 Å². The van der Waals surface area contributed by atoms with Crippen LogP contribution in [0.2, 0.25) is 0 Å². The zero-order valence-electron chi connectivity index (χ0n) is 28.5. The molecule has 1 heterocycles. The second-order valence-corrected chi connectivity index (χ2v) is 13.3. The second-order valence-electron chi connectivity index (χ2n) is 13.3. The molecule has 9 aromatic carbocycles. The van der Waals surface area contributed by atoms with Crippen LogP contribution >= 0.6 is 0 Å². The number of para-hydroxylation sites is 4. The van der Waals surface area contributed by atoms with Gasteiger partial charge in [0.05, 0.1) is 28.1 Å². The molecule has 0 bridgehead atoms. The molecule has 0 atom stereocenters. The van der Waals surface area contributed by atoms with Gasteiger partial charge in [-0.1, -0.05) is 164 Å². The SMILES string of the molecule is c1ccc(N(c2ccccc2-c2cccc3ccccc23)c2cccc3c2c2ccccc2n3-c2ccccc2-c2cccc3ccccc23)cc1. The van der Waals surface area contributed by atoms with Gasteiger partial charge in [0, 0.05) is 27.6 Å². The molecule has 52 heavy (non-hydrogen) atoms. The van der Waals surface area contributed by atoms with Crippen LogP contribution in [0.15, 0.2) is 206 Å². The topological polar surface area (TPSA) is 8.17 Å². The van der Waals surface area contributed by atoms with Crippen molar-refractivity contribution in [2.24, 2.45) is 0 Å². The number of hydrogen-bond acceptors (Lipinski definition) is 1. The first-order valence-corrected chi connectivity index (χ1v) is 17.9. The Morgan fingerprint density at radius 1 is 0.308 bits per heavy atom. The summed E-state index contributed by atoms with van der Waals surface area (Å²) in [5, 5.41) is 7.38. The van der Waals surface area contributed by atoms with E-state index in [0.717, 1.165) is 28.3 Å². The Hall–Kier alpha value is -6.90. The molecule has 10 rings (SSSR count). The molecule has 0 saturated heterocycles. The third-order valence-corrected chi connectivity index (χ3v) is 10.4. The summed E-state index contributed by atoms with van der Waals surface area (Å²) >= 11 is 0. The summed E-state index contributed by atoms with van der Waals surface area (Å²) < 4.78 is 2.46. The monoisotopic (exact) mass is 662 g/mol. The van der Waals surface area contributed by atoms with Crippen molar-refractivity contribution in [3.8, 4) is 27.9 Å². The highest BCUT2D eigenvalue weighted by Gasteiger charge is 2.24. The van der Waals surface area contributed by atoms with E-state index >= 15 is 0 Å². The molecular formula is C50H34N2. The fourth-order valence-corrected chi connectivity index (χ4v) is 8.14. The van der Waals surface area contributed by atoms with Crippen LogP contribution in [0.25, 0.3) is 71.3 Å². The summed E-state index contributed by atoms with van der Waals surface area (Å²) in [4.78, 5) is 2.45. The molecule has 2 heteroatoms. The number of fused-ring (bicyclic) bond motifs is 5. The van der Waals surface area contributed by atoms with Crippen molar-refractivity contribution in [3.05, 3.63) is 206 Å². The lowest BCUT2D eigenvalue weighted by molar-refractivity contribution is 1.18. The molecule has 0 unspecified atom stereocenters. The highest BCUT2D eigenvalue weighted by Crippen LogP contribution is 2.48. The van der Waals surface area contributed by atoms with Crippen LogP contribution in [-0.4, -0.2) is 4.57 Å². The first-order chi connectivity index (χ1) is 25.8. The fraction of sp³-hybridized carbons (Fsp3) is 0. The van der Waals surface area contributed by atoms with Gasteiger partial charge in [0.2, 0.25) is 0 Å². The number of hydrogen-bond donors (Lipinski definition) is 0. The van der Waals surface area contributed by atoms with Crippen LogP contribution in [-0.2, 0) is 0 Å². The van der Waals surface area contributed by atoms with Crippen LogP contribution < -0.4 is 4.90 Å². The molecule has 0 N–H and O–H groups in total. The van der Waals surface area contributed by atoms with Gasteiger partial charge in [0.1, 0.15) is 0 Å². The molecule has 0 amide bonds. The molecule has 244 valence electrons. The average Bonchev–Trinajstić information content (AvgIpc) is 3.56. The van der Waals surface area contributed by atoms with Gasteiger partial charge in [-0.3, -0.25) is 0 Å². The van der Waals surface area contributed by atoms with E-state index in [4.69, 9.17) is 0 Å². The van der Waals surface area contributed by atoms with Crippen molar-refractivity contribution < 1.29 is 0 Å². The number of nitrogens with zero attached hydrogens (tertiary/aromatic N) is 2. The molecule has 10 aromatic rings. The third-order valence-electron chi connectivity index (χ3n) is 10.4. The molecule has 0 aliphatic rings. The first-order valence-electron chi connectivity index (χ1n) is 17.9. The van der Waals surface area contributed by atoms with E-state index in [-0.39, 0.29) is 0 Å². The number of benzene rings is 9. The number of rotatable bonds is 6. The highest BCUT2D eigenvalue weighted by atomic mass is 15.2. The Balaban J connectivity index is 1.27. The zero-order chi connectivity index (χ0) is 34.4. The van der Waals surface area contributed by atoms with Gasteiger partial charge in [0.15, 0.2) is 0 Å². The van der Waals surface area contributed by atoms with Crippen molar-refractivity contribution in [2.45, 2.75) is 0 Å². The molecule has 0 fully saturated rings. The van der Waals surface area contributed by atoms with Gasteiger partial charge in [-0.15, -0.1) is 0 Å². The third kappa shape index (κ3) is 4.80. The van der Waals surface area contributed by atoms with Crippen molar-refractivity contribution in [3.63, 3.8) is 0 Å². The van der Waals surface area contributed by atoms with Gasteiger partial charge in [-0.2, -0.15) is 0 Å². The molecule has 0 aliphatic heterocycles. The van der Waals surface area contributed by atoms with Crippen LogP contribution in [0.1, 0.15) is 0 Å². The van der Waals surface area contributed by atoms with Crippen molar-refractivity contribution in [1.82, 2.24) is 4.57 Å². The first kappa shape index (κ1) is 30.0. The Morgan fingerprint density at radius 2 is 0.788 bits per heavy atom. The fourth-order valence-electron chi connectivity index (χ4n) is 8.14. The molecule has 0 saturated carbocycles. The average molecular weight is 663 g/mol. The Bertz CT molecular complexity index is 2910. The largest absolute Gasteiger partial charge is 0.309 e. The minimum absolute atomic E-state index is 1.11. The molecule has 0 radical (unpaired) electrons. The zero-order valence-corrected chi connectivity index (χ0v) is 28.5. The normalized spacial score (nSPS) is 11.5. The molecule has 0 spiro atoms. The van der Waals surface area contributed by atoms with E-state index in [1.807, 2.05) is 0 Å². The quantitative estimate of drug-likeness (QED) is 0.172. The predicted octanol–water partition coefficient (Wildman–Crippen LogP) is 13.9. The Labute approximate surface area is 303 Å². The summed E-state index contributed by atoms with van der Waals surface area (Å²) in [7, 11) is 0. The predicted molar refractivity (Wildman–Crippen MR) is 221 cm³/mol. The summed E-state index contributed by atoms with van der Waals surface area (Å²) in [6, 6.07) is 74.7. The van der Waals surface area contributed by atoms with E-state index in [1.54, 1.807) is 0 Å². The van der Waals surface area contributed by atoms with E-state index in [1.165, 1.54) is 60.1 Å². The van der Waals surface area contributed by atoms with E-state index in [0.29, 0.717) is 0 Å². The molecule has 1 aromatic heterocycles. The van der Waals surface area contributed by atoms with E-state index in [9.17, 15) is 0 Å². The molecular weight excluding hydrogens is 629 g/mol. The summed E-state index contributed by atoms with van der Waals surface area (Å²) in [5.41, 5.74) is 11.7. The van der Waals surface area contributed by atoms with Crippen LogP contribution in [0.4, 0.5) is 17.1 Å². The lowest BCUT2D eigenvalue weighted by atomic mass is 9.96. The maximum Gasteiger partial charge on any atom is 0.0562 e. The van der Waals surface area contributed by atoms with Gasteiger partial charge >= 0.3 is 0 Å². The Kier molecular flexibility index (Phi) is 7.18. The lowest BCUT2D eigenvalue weighted by Gasteiger charge is -2.29. The lowest BCUT2D eigenvalue weighted by Crippen LogP contribution is -2.11. The highest BCUT2D eigenvalue weighted by molar-refractivity contribution is 6.17. The summed E-state index contributed by atoms with van der Waals surface area (Å²) in [5.74, 6) is 0. The number of aromatic nitrogens is 1. The minimum Gasteiger partial charge on any atom is -0.309 e. The van der Waals surface area contributed by atoms with Crippen molar-refractivity contribution in [2.75, 3.05) is 4.90 Å². The van der Waals surface area contributed by atoms with Gasteiger partial charge in [-0.25, -0.2) is 0 Å². The maximum atomic E-state index is 2.46. The Morgan fingerprint density at radius 3 is 1.54 bits per heavy atom. The maximum absolute atomic E-state index is 2.46.